The molecule has 0 bridgehead atoms. The van der Waals surface area contributed by atoms with Crippen molar-refractivity contribution >= 4 is 16.0 Å². The number of amides is 1. The molecule has 0 heterocycles. The number of rotatable bonds is 11. The molecule has 20 heteroatoms. The van der Waals surface area contributed by atoms with Crippen LogP contribution in [0.4, 0.5) is 61.5 Å². The Labute approximate surface area is 181 Å². The van der Waals surface area contributed by atoms with Crippen molar-refractivity contribution in [2.24, 2.45) is 11.7 Å². The van der Waals surface area contributed by atoms with Crippen molar-refractivity contribution in [3.8, 4) is 0 Å². The van der Waals surface area contributed by atoms with Crippen LogP contribution in [0, 0.1) is 5.92 Å². The molecular weight excluding hydrogens is 544 g/mol. The minimum Gasteiger partial charge on any atom is -0.368 e. The van der Waals surface area contributed by atoms with Crippen molar-refractivity contribution in [3.05, 3.63) is 0 Å². The smallest absolute Gasteiger partial charge is 0.368 e. The van der Waals surface area contributed by atoms with Gasteiger partial charge in [-0.25, -0.2) is 8.78 Å². The predicted molar refractivity (Wildman–Crippen MR) is 82.8 cm³/mol. The van der Waals surface area contributed by atoms with Gasteiger partial charge < -0.3 is 5.73 Å². The third-order valence-corrected chi connectivity index (χ3v) is 5.59. The van der Waals surface area contributed by atoms with Crippen LogP contribution in [-0.2, 0) is 19.1 Å². The Hall–Kier alpha value is -1.60. The summed E-state index contributed by atoms with van der Waals surface area (Å²) in [5.41, 5.74) is -8.17. The van der Waals surface area contributed by atoms with Crippen molar-refractivity contribution in [1.82, 2.24) is 0 Å². The van der Waals surface area contributed by atoms with Gasteiger partial charge in [-0.2, -0.15) is 61.1 Å². The van der Waals surface area contributed by atoms with Crippen LogP contribution < -0.4 is 5.73 Å². The number of alkyl halides is 14. The van der Waals surface area contributed by atoms with Gasteiger partial charge in [0.05, 0.1) is 5.75 Å². The molecule has 204 valence electrons. The average molecular weight is 559 g/mol. The molecule has 0 aliphatic heterocycles. The molecule has 0 aliphatic rings. The third kappa shape index (κ3) is 7.98. The van der Waals surface area contributed by atoms with Crippen LogP contribution in [0.15, 0.2) is 0 Å². The van der Waals surface area contributed by atoms with Crippen LogP contribution in [0.5, 0.6) is 0 Å². The zero-order valence-electron chi connectivity index (χ0n) is 16.2. The molecule has 0 aliphatic carbocycles. The van der Waals surface area contributed by atoms with Gasteiger partial charge in [0.1, 0.15) is 6.61 Å². The highest BCUT2D eigenvalue weighted by molar-refractivity contribution is 7.86. The Morgan fingerprint density at radius 2 is 1.03 bits per heavy atom. The lowest BCUT2D eigenvalue weighted by Gasteiger charge is -2.37. The number of carbonyl (C=O) groups is 1. The highest BCUT2D eigenvalue weighted by Gasteiger charge is 2.75. The lowest BCUT2D eigenvalue weighted by molar-refractivity contribution is -0.356. The molecular formula is C14H15F14NO4S. The fourth-order valence-electron chi connectivity index (χ4n) is 2.61. The third-order valence-electron chi connectivity index (χ3n) is 4.32. The molecule has 0 spiro atoms. The molecule has 0 fully saturated rings. The quantitative estimate of drug-likeness (QED) is 0.295. The second-order valence-electron chi connectivity index (χ2n) is 7.00. The second-order valence-corrected chi connectivity index (χ2v) is 8.76. The summed E-state index contributed by atoms with van der Waals surface area (Å²) in [5.74, 6) is -6.13. The standard InChI is InChI=1S/C14H15F14NO4S/c15-9(11(17,18)19,12(20,21)22)4-7(2-1-3-34(31,32)33-6-8(29)30)5-10(16,13(23,24)25)14(26,27)28/h7H,1-6H2,(H2,29,30). The van der Waals surface area contributed by atoms with E-state index in [0.29, 0.717) is 0 Å². The van der Waals surface area contributed by atoms with E-state index in [2.05, 4.69) is 9.92 Å². The first kappa shape index (κ1) is 32.4. The number of halogens is 14. The molecule has 0 unspecified atom stereocenters. The highest BCUT2D eigenvalue weighted by atomic mass is 32.2. The monoisotopic (exact) mass is 559 g/mol. The molecule has 0 aromatic carbocycles. The summed E-state index contributed by atoms with van der Waals surface area (Å²) >= 11 is 0. The van der Waals surface area contributed by atoms with Crippen LogP contribution in [0.2, 0.25) is 0 Å². The van der Waals surface area contributed by atoms with Gasteiger partial charge >= 0.3 is 24.7 Å². The van der Waals surface area contributed by atoms with Gasteiger partial charge in [0.15, 0.2) is 0 Å². The number of carbonyl (C=O) groups excluding carboxylic acids is 1. The number of nitrogens with two attached hydrogens (primary N) is 1. The van der Waals surface area contributed by atoms with Gasteiger partial charge in [0.2, 0.25) is 5.91 Å². The van der Waals surface area contributed by atoms with Crippen LogP contribution >= 0.6 is 0 Å². The van der Waals surface area contributed by atoms with Crippen LogP contribution in [0.3, 0.4) is 0 Å². The van der Waals surface area contributed by atoms with E-state index < -0.39 is 96.0 Å². The Balaban J connectivity index is 6.15. The van der Waals surface area contributed by atoms with Gasteiger partial charge in [-0.1, -0.05) is 0 Å². The van der Waals surface area contributed by atoms with Gasteiger partial charge in [0, 0.05) is 12.8 Å². The molecule has 0 aromatic rings. The molecule has 0 radical (unpaired) electrons. The van der Waals surface area contributed by atoms with Crippen molar-refractivity contribution in [2.75, 3.05) is 12.4 Å². The van der Waals surface area contributed by atoms with Crippen LogP contribution in [0.1, 0.15) is 25.7 Å². The molecule has 0 saturated heterocycles. The summed E-state index contributed by atoms with van der Waals surface area (Å²) in [6, 6.07) is 0. The SMILES string of the molecule is NC(=O)COS(=O)(=O)CCCC(CC(F)(C(F)(F)F)C(F)(F)F)CC(F)(C(F)(F)F)C(F)(F)F. The maximum Gasteiger partial charge on any atom is 0.431 e. The highest BCUT2D eigenvalue weighted by Crippen LogP contribution is 2.54. The number of primary amides is 1. The molecule has 0 atom stereocenters. The molecule has 0 saturated carbocycles. The van der Waals surface area contributed by atoms with E-state index >= 15 is 0 Å². The first-order chi connectivity index (χ1) is 14.7. The maximum absolute atomic E-state index is 14.0. The predicted octanol–water partition coefficient (Wildman–Crippen LogP) is 4.66. The minimum atomic E-state index is -6.89. The minimum absolute atomic E-state index is 1.30. The van der Waals surface area contributed by atoms with Crippen LogP contribution in [-0.4, -0.2) is 62.7 Å². The largest absolute Gasteiger partial charge is 0.431 e. The maximum atomic E-state index is 14.0. The Morgan fingerprint density at radius 1 is 0.706 bits per heavy atom. The fourth-order valence-corrected chi connectivity index (χ4v) is 3.55. The topological polar surface area (TPSA) is 86.5 Å². The van der Waals surface area contributed by atoms with Crippen molar-refractivity contribution in [1.29, 1.82) is 0 Å². The lowest BCUT2D eigenvalue weighted by atomic mass is 9.80. The van der Waals surface area contributed by atoms with Gasteiger partial charge in [0.25, 0.3) is 21.5 Å². The molecule has 2 N–H and O–H groups in total. The molecule has 0 aromatic heterocycles. The van der Waals surface area contributed by atoms with Gasteiger partial charge in [-0.3, -0.25) is 8.98 Å². The number of hydrogen-bond donors (Lipinski definition) is 1. The fraction of sp³-hybridized carbons (Fsp3) is 0.929. The van der Waals surface area contributed by atoms with Crippen molar-refractivity contribution < 1.29 is 78.9 Å². The Bertz CT molecular complexity index is 731. The van der Waals surface area contributed by atoms with E-state index in [9.17, 15) is 74.7 Å². The molecule has 1 amide bonds. The first-order valence-electron chi connectivity index (χ1n) is 8.50. The van der Waals surface area contributed by atoms with E-state index in [4.69, 9.17) is 0 Å². The zero-order chi connectivity index (χ0) is 27.6. The van der Waals surface area contributed by atoms with E-state index in [0.717, 1.165) is 0 Å². The first-order valence-corrected chi connectivity index (χ1v) is 10.1. The van der Waals surface area contributed by atoms with Crippen molar-refractivity contribution in [2.45, 2.75) is 61.7 Å². The molecule has 0 rings (SSSR count). The molecule has 5 nitrogen and oxygen atoms in total. The normalized spacial score (nSPS) is 15.1. The molecule has 34 heavy (non-hydrogen) atoms. The Kier molecular flexibility index (Phi) is 9.70. The lowest BCUT2D eigenvalue weighted by Crippen LogP contribution is -2.57. The van der Waals surface area contributed by atoms with Crippen molar-refractivity contribution in [3.63, 3.8) is 0 Å². The van der Waals surface area contributed by atoms with E-state index in [1.54, 1.807) is 0 Å². The van der Waals surface area contributed by atoms with Gasteiger partial charge in [-0.15, -0.1) is 0 Å². The van der Waals surface area contributed by atoms with Gasteiger partial charge in [-0.05, 0) is 18.8 Å². The summed E-state index contributed by atoms with van der Waals surface area (Å²) in [4.78, 5) is 10.4. The number of hydrogen-bond acceptors (Lipinski definition) is 4. The summed E-state index contributed by atoms with van der Waals surface area (Å²) < 4.78 is 208. The average Bonchev–Trinajstić information content (AvgIpc) is 2.55. The summed E-state index contributed by atoms with van der Waals surface area (Å²) in [5, 5.41) is 0. The van der Waals surface area contributed by atoms with E-state index in [1.807, 2.05) is 0 Å². The summed E-state index contributed by atoms with van der Waals surface area (Å²) in [7, 11) is -4.85. The summed E-state index contributed by atoms with van der Waals surface area (Å²) in [6.45, 7) is -1.31. The van der Waals surface area contributed by atoms with Crippen LogP contribution in [0.25, 0.3) is 0 Å². The van der Waals surface area contributed by atoms with E-state index in [1.165, 1.54) is 0 Å². The second kappa shape index (κ2) is 10.2. The van der Waals surface area contributed by atoms with E-state index in [-0.39, 0.29) is 0 Å². The zero-order valence-corrected chi connectivity index (χ0v) is 17.0. The summed E-state index contributed by atoms with van der Waals surface area (Å²) in [6.07, 6.45) is -36.8. The Morgan fingerprint density at radius 3 is 1.29 bits per heavy atom.